The first kappa shape index (κ1) is 20.7. The SMILES string of the molecule is CC(Sc1ncnc2c1cnn2-c1ccc(F)cc1)c1nnc(-c2ccc([N+](=O)[O-])cc2)o1. The van der Waals surface area contributed by atoms with Gasteiger partial charge in [-0.3, -0.25) is 10.1 Å². The fraction of sp³-hybridized carbons (Fsp3) is 0.0952. The molecule has 12 heteroatoms. The maximum atomic E-state index is 13.3. The molecule has 10 nitrogen and oxygen atoms in total. The molecule has 0 bridgehead atoms. The van der Waals surface area contributed by atoms with E-state index < -0.39 is 4.92 Å². The van der Waals surface area contributed by atoms with Gasteiger partial charge >= 0.3 is 0 Å². The monoisotopic (exact) mass is 463 g/mol. The largest absolute Gasteiger partial charge is 0.419 e. The Bertz CT molecular complexity index is 1450. The van der Waals surface area contributed by atoms with Crippen LogP contribution in [0.2, 0.25) is 0 Å². The summed E-state index contributed by atoms with van der Waals surface area (Å²) < 4.78 is 20.7. The molecule has 33 heavy (non-hydrogen) atoms. The van der Waals surface area contributed by atoms with Crippen LogP contribution in [0.3, 0.4) is 0 Å². The Morgan fingerprint density at radius 1 is 1.09 bits per heavy atom. The van der Waals surface area contributed by atoms with E-state index in [1.807, 2.05) is 6.92 Å². The number of hydrogen-bond acceptors (Lipinski definition) is 9. The van der Waals surface area contributed by atoms with Crippen molar-refractivity contribution in [2.75, 3.05) is 0 Å². The molecule has 3 aromatic heterocycles. The maximum absolute atomic E-state index is 13.3. The van der Waals surface area contributed by atoms with Crippen molar-refractivity contribution < 1.29 is 13.7 Å². The smallest absolute Gasteiger partial charge is 0.269 e. The minimum absolute atomic E-state index is 0.0172. The Kier molecular flexibility index (Phi) is 5.26. The second-order valence-corrected chi connectivity index (χ2v) is 8.29. The number of rotatable bonds is 6. The summed E-state index contributed by atoms with van der Waals surface area (Å²) in [6, 6.07) is 11.9. The van der Waals surface area contributed by atoms with Gasteiger partial charge in [0.25, 0.3) is 5.69 Å². The van der Waals surface area contributed by atoms with Crippen molar-refractivity contribution in [2.24, 2.45) is 0 Å². The van der Waals surface area contributed by atoms with Gasteiger partial charge < -0.3 is 4.42 Å². The lowest BCUT2D eigenvalue weighted by molar-refractivity contribution is -0.384. The minimum Gasteiger partial charge on any atom is -0.419 e. The molecule has 0 aliphatic rings. The molecule has 0 radical (unpaired) electrons. The van der Waals surface area contributed by atoms with Crippen molar-refractivity contribution in [3.63, 3.8) is 0 Å². The van der Waals surface area contributed by atoms with Crippen LogP contribution in [0.4, 0.5) is 10.1 Å². The van der Waals surface area contributed by atoms with Crippen LogP contribution in [0.5, 0.6) is 0 Å². The molecular formula is C21H14FN7O3S. The highest BCUT2D eigenvalue weighted by Gasteiger charge is 2.20. The standard InChI is InChI=1S/C21H14FN7O3S/c1-12(19-26-27-20(32-19)13-2-6-16(7-3-13)29(30)31)33-21-17-10-25-28(18(17)23-11-24-21)15-8-4-14(22)5-9-15/h2-12H,1H3. The quantitative estimate of drug-likeness (QED) is 0.151. The summed E-state index contributed by atoms with van der Waals surface area (Å²) in [6.07, 6.45) is 3.10. The van der Waals surface area contributed by atoms with E-state index in [0.717, 1.165) is 5.39 Å². The van der Waals surface area contributed by atoms with Crippen LogP contribution in [0.1, 0.15) is 18.1 Å². The molecule has 5 rings (SSSR count). The number of fused-ring (bicyclic) bond motifs is 1. The van der Waals surface area contributed by atoms with Crippen molar-refractivity contribution in [1.82, 2.24) is 29.9 Å². The lowest BCUT2D eigenvalue weighted by Gasteiger charge is -2.07. The lowest BCUT2D eigenvalue weighted by Crippen LogP contribution is -1.98. The van der Waals surface area contributed by atoms with Gasteiger partial charge in [0.05, 0.1) is 27.4 Å². The van der Waals surface area contributed by atoms with Gasteiger partial charge in [-0.05, 0) is 43.3 Å². The van der Waals surface area contributed by atoms with Crippen molar-refractivity contribution in [2.45, 2.75) is 17.2 Å². The number of non-ortho nitro benzene ring substituents is 1. The molecule has 3 heterocycles. The molecule has 164 valence electrons. The zero-order valence-electron chi connectivity index (χ0n) is 17.0. The molecule has 0 saturated heterocycles. The first-order valence-corrected chi connectivity index (χ1v) is 10.6. The zero-order valence-corrected chi connectivity index (χ0v) is 17.8. The molecule has 0 aliphatic carbocycles. The fourth-order valence-corrected chi connectivity index (χ4v) is 4.06. The van der Waals surface area contributed by atoms with Gasteiger partial charge in [-0.15, -0.1) is 10.2 Å². The van der Waals surface area contributed by atoms with Gasteiger partial charge in [0.2, 0.25) is 11.8 Å². The number of nitro groups is 1. The topological polar surface area (TPSA) is 126 Å². The second kappa shape index (κ2) is 8.39. The molecule has 0 aliphatic heterocycles. The Labute approximate surface area is 189 Å². The van der Waals surface area contributed by atoms with Gasteiger partial charge in [-0.1, -0.05) is 11.8 Å². The fourth-order valence-electron chi connectivity index (χ4n) is 3.15. The van der Waals surface area contributed by atoms with Crippen molar-refractivity contribution in [3.8, 4) is 17.1 Å². The summed E-state index contributed by atoms with van der Waals surface area (Å²) in [5.41, 5.74) is 1.83. The van der Waals surface area contributed by atoms with E-state index in [2.05, 4.69) is 25.3 Å². The summed E-state index contributed by atoms with van der Waals surface area (Å²) in [4.78, 5) is 19.1. The van der Waals surface area contributed by atoms with Gasteiger partial charge in [0.1, 0.15) is 17.2 Å². The Hall–Kier alpha value is -4.19. The Morgan fingerprint density at radius 2 is 1.85 bits per heavy atom. The predicted octanol–water partition coefficient (Wildman–Crippen LogP) is 4.77. The normalized spacial score (nSPS) is 12.2. The van der Waals surface area contributed by atoms with Crippen molar-refractivity contribution in [3.05, 3.63) is 82.9 Å². The van der Waals surface area contributed by atoms with E-state index in [1.54, 1.807) is 35.1 Å². The van der Waals surface area contributed by atoms with E-state index in [4.69, 9.17) is 4.42 Å². The van der Waals surface area contributed by atoms with Crippen LogP contribution in [-0.4, -0.2) is 34.9 Å². The van der Waals surface area contributed by atoms with Crippen LogP contribution in [0, 0.1) is 15.9 Å². The molecule has 1 unspecified atom stereocenters. The first-order chi connectivity index (χ1) is 16.0. The molecule has 0 saturated carbocycles. The highest BCUT2D eigenvalue weighted by molar-refractivity contribution is 7.99. The third-order valence-electron chi connectivity index (χ3n) is 4.80. The third kappa shape index (κ3) is 4.03. The third-order valence-corrected chi connectivity index (χ3v) is 5.91. The van der Waals surface area contributed by atoms with Crippen LogP contribution in [0.15, 0.2) is 70.5 Å². The van der Waals surface area contributed by atoms with Gasteiger partial charge in [0, 0.05) is 17.7 Å². The van der Waals surface area contributed by atoms with Crippen molar-refractivity contribution in [1.29, 1.82) is 0 Å². The number of aromatic nitrogens is 6. The summed E-state index contributed by atoms with van der Waals surface area (Å²) in [5.74, 6) is 0.318. The van der Waals surface area contributed by atoms with E-state index >= 15 is 0 Å². The first-order valence-electron chi connectivity index (χ1n) is 9.69. The van der Waals surface area contributed by atoms with Crippen molar-refractivity contribution >= 4 is 28.5 Å². The van der Waals surface area contributed by atoms with Crippen LogP contribution >= 0.6 is 11.8 Å². The Morgan fingerprint density at radius 3 is 2.58 bits per heavy atom. The molecule has 0 N–H and O–H groups in total. The average molecular weight is 463 g/mol. The number of nitrogens with zero attached hydrogens (tertiary/aromatic N) is 7. The number of hydrogen-bond donors (Lipinski definition) is 0. The number of thioether (sulfide) groups is 1. The molecule has 5 aromatic rings. The molecule has 1 atom stereocenters. The highest BCUT2D eigenvalue weighted by Crippen LogP contribution is 2.37. The van der Waals surface area contributed by atoms with E-state index in [-0.39, 0.29) is 22.6 Å². The van der Waals surface area contributed by atoms with Gasteiger partial charge in [-0.25, -0.2) is 19.0 Å². The number of benzene rings is 2. The zero-order chi connectivity index (χ0) is 22.9. The Balaban J connectivity index is 1.39. The second-order valence-electron chi connectivity index (χ2n) is 6.96. The van der Waals surface area contributed by atoms with E-state index in [9.17, 15) is 14.5 Å². The summed E-state index contributed by atoms with van der Waals surface area (Å²) in [6.45, 7) is 1.90. The predicted molar refractivity (Wildman–Crippen MR) is 117 cm³/mol. The maximum Gasteiger partial charge on any atom is 0.269 e. The van der Waals surface area contributed by atoms with Crippen LogP contribution in [0.25, 0.3) is 28.2 Å². The number of halogens is 1. The molecular weight excluding hydrogens is 449 g/mol. The molecule has 2 aromatic carbocycles. The van der Waals surface area contributed by atoms with Crippen LogP contribution in [-0.2, 0) is 0 Å². The molecule has 0 spiro atoms. The van der Waals surface area contributed by atoms with E-state index in [0.29, 0.717) is 27.8 Å². The lowest BCUT2D eigenvalue weighted by atomic mass is 10.2. The summed E-state index contributed by atoms with van der Waals surface area (Å²) >= 11 is 1.40. The van der Waals surface area contributed by atoms with Crippen LogP contribution < -0.4 is 0 Å². The highest BCUT2D eigenvalue weighted by atomic mass is 32.2. The number of nitro benzene ring substituents is 1. The van der Waals surface area contributed by atoms with Gasteiger partial charge in [0.15, 0.2) is 5.65 Å². The molecule has 0 fully saturated rings. The average Bonchev–Trinajstić information content (AvgIpc) is 3.48. The summed E-state index contributed by atoms with van der Waals surface area (Å²) in [5, 5.41) is 24.5. The molecule has 0 amide bonds. The van der Waals surface area contributed by atoms with Gasteiger partial charge in [-0.2, -0.15) is 5.10 Å². The minimum atomic E-state index is -0.470. The van der Waals surface area contributed by atoms with E-state index in [1.165, 1.54) is 42.4 Å². The summed E-state index contributed by atoms with van der Waals surface area (Å²) in [7, 11) is 0.